The molecule has 27 heavy (non-hydrogen) atoms. The summed E-state index contributed by atoms with van der Waals surface area (Å²) in [6.45, 7) is 6.82. The number of hydrogen-bond acceptors (Lipinski definition) is 3. The van der Waals surface area contributed by atoms with Gasteiger partial charge in [0.25, 0.3) is 0 Å². The largest absolute Gasteiger partial charge is 0.491 e. The molecule has 0 unspecified atom stereocenters. The Morgan fingerprint density at radius 1 is 0.963 bits per heavy atom. The first-order valence-corrected chi connectivity index (χ1v) is 10.3. The molecular weight excluding hydrogens is 340 g/mol. The van der Waals surface area contributed by atoms with Crippen LogP contribution in [0.15, 0.2) is 24.3 Å². The number of carbonyl (C=O) groups is 2. The Bertz CT molecular complexity index is 635. The Kier molecular flexibility index (Phi) is 6.75. The third-order valence-electron chi connectivity index (χ3n) is 5.52. The molecule has 2 fully saturated rings. The summed E-state index contributed by atoms with van der Waals surface area (Å²) in [5.41, 5.74) is 0.999. The summed E-state index contributed by atoms with van der Waals surface area (Å²) in [4.78, 5) is 29.3. The summed E-state index contributed by atoms with van der Waals surface area (Å²) >= 11 is 0. The van der Waals surface area contributed by atoms with Crippen LogP contribution in [0.25, 0.3) is 0 Å². The van der Waals surface area contributed by atoms with E-state index in [1.165, 1.54) is 12.8 Å². The average molecular weight is 373 g/mol. The van der Waals surface area contributed by atoms with Crippen LogP contribution < -0.4 is 4.74 Å². The molecule has 0 atom stereocenters. The summed E-state index contributed by atoms with van der Waals surface area (Å²) < 4.78 is 5.65. The molecule has 2 aliphatic rings. The lowest BCUT2D eigenvalue weighted by molar-refractivity contribution is -0.136. The van der Waals surface area contributed by atoms with Crippen molar-refractivity contribution in [1.82, 2.24) is 9.80 Å². The van der Waals surface area contributed by atoms with E-state index in [4.69, 9.17) is 4.74 Å². The van der Waals surface area contributed by atoms with Crippen LogP contribution in [-0.4, -0.2) is 53.9 Å². The van der Waals surface area contributed by atoms with Crippen molar-refractivity contribution in [3.8, 4) is 5.75 Å². The van der Waals surface area contributed by atoms with Crippen LogP contribution in [0.1, 0.15) is 51.5 Å². The Morgan fingerprint density at radius 2 is 1.59 bits per heavy atom. The molecule has 1 aliphatic carbocycles. The van der Waals surface area contributed by atoms with E-state index in [0.717, 1.165) is 43.7 Å². The van der Waals surface area contributed by atoms with Crippen LogP contribution in [0.5, 0.6) is 5.75 Å². The van der Waals surface area contributed by atoms with Crippen molar-refractivity contribution in [3.05, 3.63) is 29.8 Å². The highest BCUT2D eigenvalue weighted by Crippen LogP contribution is 2.27. The lowest BCUT2D eigenvalue weighted by Crippen LogP contribution is -2.39. The van der Waals surface area contributed by atoms with Crippen LogP contribution in [-0.2, 0) is 16.0 Å². The van der Waals surface area contributed by atoms with Gasteiger partial charge in [-0.2, -0.15) is 0 Å². The van der Waals surface area contributed by atoms with Crippen molar-refractivity contribution in [1.29, 1.82) is 0 Å². The highest BCUT2D eigenvalue weighted by molar-refractivity contribution is 5.80. The van der Waals surface area contributed by atoms with E-state index in [1.807, 2.05) is 47.9 Å². The number of hydrogen-bond donors (Lipinski definition) is 0. The standard InChI is InChI=1S/C22H32N2O3/c1-17(2)27-20-10-8-18(9-11-20)16-21(25)23-12-5-13-24(15-14-23)22(26)19-6-3-4-7-19/h8-11,17,19H,3-7,12-16H2,1-2H3. The Balaban J connectivity index is 1.51. The molecule has 0 N–H and O–H groups in total. The van der Waals surface area contributed by atoms with E-state index >= 15 is 0 Å². The van der Waals surface area contributed by atoms with Crippen molar-refractivity contribution < 1.29 is 14.3 Å². The van der Waals surface area contributed by atoms with E-state index < -0.39 is 0 Å². The molecule has 1 saturated heterocycles. The van der Waals surface area contributed by atoms with Gasteiger partial charge in [-0.25, -0.2) is 0 Å². The number of rotatable bonds is 5. The van der Waals surface area contributed by atoms with Crippen LogP contribution in [0.3, 0.4) is 0 Å². The fourth-order valence-electron chi connectivity index (χ4n) is 4.06. The predicted molar refractivity (Wildman–Crippen MR) is 106 cm³/mol. The number of carbonyl (C=O) groups excluding carboxylic acids is 2. The third-order valence-corrected chi connectivity index (χ3v) is 5.52. The molecule has 0 radical (unpaired) electrons. The van der Waals surface area contributed by atoms with Crippen LogP contribution >= 0.6 is 0 Å². The van der Waals surface area contributed by atoms with E-state index in [2.05, 4.69) is 0 Å². The zero-order valence-electron chi connectivity index (χ0n) is 16.7. The molecule has 0 bridgehead atoms. The van der Waals surface area contributed by atoms with Gasteiger partial charge in [0.1, 0.15) is 5.75 Å². The number of benzene rings is 1. The van der Waals surface area contributed by atoms with Gasteiger partial charge >= 0.3 is 0 Å². The first-order valence-electron chi connectivity index (χ1n) is 10.3. The number of nitrogens with zero attached hydrogens (tertiary/aromatic N) is 2. The zero-order chi connectivity index (χ0) is 19.2. The molecular formula is C22H32N2O3. The minimum Gasteiger partial charge on any atom is -0.491 e. The molecule has 1 aromatic carbocycles. The Hall–Kier alpha value is -2.04. The maximum absolute atomic E-state index is 12.7. The normalized spacial score (nSPS) is 18.6. The summed E-state index contributed by atoms with van der Waals surface area (Å²) in [5.74, 6) is 1.50. The van der Waals surface area contributed by atoms with E-state index in [0.29, 0.717) is 25.4 Å². The average Bonchev–Trinajstić information content (AvgIpc) is 3.06. The first kappa shape index (κ1) is 19.7. The molecule has 3 rings (SSSR count). The van der Waals surface area contributed by atoms with Gasteiger partial charge < -0.3 is 14.5 Å². The molecule has 0 spiro atoms. The summed E-state index contributed by atoms with van der Waals surface area (Å²) in [7, 11) is 0. The van der Waals surface area contributed by atoms with Crippen molar-refractivity contribution in [2.24, 2.45) is 5.92 Å². The van der Waals surface area contributed by atoms with Gasteiger partial charge in [-0.05, 0) is 50.8 Å². The van der Waals surface area contributed by atoms with Gasteiger partial charge in [0.2, 0.25) is 11.8 Å². The van der Waals surface area contributed by atoms with Crippen molar-refractivity contribution in [2.75, 3.05) is 26.2 Å². The molecule has 2 amide bonds. The van der Waals surface area contributed by atoms with Gasteiger partial charge in [-0.1, -0.05) is 25.0 Å². The zero-order valence-corrected chi connectivity index (χ0v) is 16.7. The Labute approximate surface area is 162 Å². The molecule has 0 aromatic heterocycles. The maximum Gasteiger partial charge on any atom is 0.227 e. The summed E-state index contributed by atoms with van der Waals surface area (Å²) in [6.07, 6.45) is 5.84. The molecule has 5 heteroatoms. The number of ether oxygens (including phenoxy) is 1. The van der Waals surface area contributed by atoms with Crippen LogP contribution in [0, 0.1) is 5.92 Å². The van der Waals surface area contributed by atoms with E-state index in [-0.39, 0.29) is 17.9 Å². The fourth-order valence-corrected chi connectivity index (χ4v) is 4.06. The van der Waals surface area contributed by atoms with Crippen molar-refractivity contribution in [3.63, 3.8) is 0 Å². The van der Waals surface area contributed by atoms with Crippen molar-refractivity contribution >= 4 is 11.8 Å². The smallest absolute Gasteiger partial charge is 0.227 e. The monoisotopic (exact) mass is 372 g/mol. The summed E-state index contributed by atoms with van der Waals surface area (Å²) in [6, 6.07) is 7.77. The predicted octanol–water partition coefficient (Wildman–Crippen LogP) is 3.27. The molecule has 148 valence electrons. The minimum atomic E-state index is 0.141. The molecule has 1 saturated carbocycles. The first-order chi connectivity index (χ1) is 13.0. The van der Waals surface area contributed by atoms with Gasteiger partial charge in [0.15, 0.2) is 0 Å². The number of amides is 2. The molecule has 1 aliphatic heterocycles. The molecule has 1 aromatic rings. The second-order valence-electron chi connectivity index (χ2n) is 8.03. The van der Waals surface area contributed by atoms with Gasteiger partial charge in [-0.3, -0.25) is 9.59 Å². The van der Waals surface area contributed by atoms with Gasteiger partial charge in [0.05, 0.1) is 12.5 Å². The third kappa shape index (κ3) is 5.47. The summed E-state index contributed by atoms with van der Waals surface area (Å²) in [5, 5.41) is 0. The van der Waals surface area contributed by atoms with Crippen LogP contribution in [0.2, 0.25) is 0 Å². The Morgan fingerprint density at radius 3 is 2.26 bits per heavy atom. The quantitative estimate of drug-likeness (QED) is 0.797. The minimum absolute atomic E-state index is 0.141. The van der Waals surface area contributed by atoms with Crippen LogP contribution in [0.4, 0.5) is 0 Å². The lowest BCUT2D eigenvalue weighted by Gasteiger charge is -2.24. The second-order valence-corrected chi connectivity index (χ2v) is 8.03. The lowest BCUT2D eigenvalue weighted by atomic mass is 10.1. The second kappa shape index (κ2) is 9.25. The topological polar surface area (TPSA) is 49.9 Å². The maximum atomic E-state index is 12.7. The van der Waals surface area contributed by atoms with Gasteiger partial charge in [-0.15, -0.1) is 0 Å². The SMILES string of the molecule is CC(C)Oc1ccc(CC(=O)N2CCCN(C(=O)C3CCCC3)CC2)cc1. The van der Waals surface area contributed by atoms with E-state index in [9.17, 15) is 9.59 Å². The van der Waals surface area contributed by atoms with Crippen molar-refractivity contribution in [2.45, 2.75) is 58.5 Å². The molecule has 5 nitrogen and oxygen atoms in total. The van der Waals surface area contributed by atoms with E-state index in [1.54, 1.807) is 0 Å². The molecule has 1 heterocycles. The van der Waals surface area contributed by atoms with Gasteiger partial charge in [0, 0.05) is 32.1 Å². The fraction of sp³-hybridized carbons (Fsp3) is 0.636. The highest BCUT2D eigenvalue weighted by atomic mass is 16.5. The highest BCUT2D eigenvalue weighted by Gasteiger charge is 2.29.